The molecule has 4 rings (SSSR count). The first-order valence-electron chi connectivity index (χ1n) is 7.95. The first-order chi connectivity index (χ1) is 12.2. The zero-order chi connectivity index (χ0) is 17.2. The van der Waals surface area contributed by atoms with E-state index >= 15 is 0 Å². The molecule has 2 heterocycles. The minimum Gasteiger partial charge on any atom is -0.346 e. The van der Waals surface area contributed by atoms with Gasteiger partial charge in [-0.05, 0) is 48.4 Å². The number of nitrogens with one attached hydrogen (secondary N) is 1. The number of hydrogen-bond donors (Lipinski definition) is 1. The van der Waals surface area contributed by atoms with E-state index in [1.807, 2.05) is 24.3 Å². The monoisotopic (exact) mass is 370 g/mol. The summed E-state index contributed by atoms with van der Waals surface area (Å²) >= 11 is 3.24. The molecule has 1 atom stereocenters. The van der Waals surface area contributed by atoms with E-state index in [1.54, 1.807) is 35.2 Å². The number of amides is 1. The van der Waals surface area contributed by atoms with Gasteiger partial charge in [-0.25, -0.2) is 9.37 Å². The van der Waals surface area contributed by atoms with Crippen LogP contribution in [0.15, 0.2) is 53.4 Å². The highest BCUT2D eigenvalue weighted by molar-refractivity contribution is 7.99. The Kier molecular flexibility index (Phi) is 4.55. The highest BCUT2D eigenvalue weighted by atomic mass is 32.2. The third-order valence-corrected chi connectivity index (χ3v) is 6.14. The van der Waals surface area contributed by atoms with Crippen LogP contribution in [0.25, 0.3) is 16.3 Å². The Morgan fingerprint density at radius 3 is 3.04 bits per heavy atom. The van der Waals surface area contributed by atoms with E-state index in [9.17, 15) is 9.18 Å². The van der Waals surface area contributed by atoms with Gasteiger partial charge in [-0.2, -0.15) is 0 Å². The molecule has 126 valence electrons. The summed E-state index contributed by atoms with van der Waals surface area (Å²) in [6.45, 7) is 0. The fourth-order valence-corrected chi connectivity index (χ4v) is 4.82. The third kappa shape index (κ3) is 3.60. The molecule has 0 bridgehead atoms. The molecule has 0 saturated carbocycles. The third-order valence-electron chi connectivity index (χ3n) is 4.02. The van der Waals surface area contributed by atoms with Gasteiger partial charge in [0.15, 0.2) is 0 Å². The molecule has 1 N–H and O–H groups in total. The number of rotatable bonds is 3. The molecular weight excluding hydrogens is 355 g/mol. The molecule has 0 saturated heterocycles. The number of fused-ring (bicyclic) bond motifs is 2. The summed E-state index contributed by atoms with van der Waals surface area (Å²) in [7, 11) is 0. The van der Waals surface area contributed by atoms with E-state index in [4.69, 9.17) is 0 Å². The molecule has 3 aromatic rings. The van der Waals surface area contributed by atoms with E-state index in [-0.39, 0.29) is 17.8 Å². The van der Waals surface area contributed by atoms with E-state index in [1.165, 1.54) is 18.2 Å². The average Bonchev–Trinajstić information content (AvgIpc) is 3.03. The Morgan fingerprint density at radius 1 is 1.28 bits per heavy atom. The Hall–Kier alpha value is -2.18. The van der Waals surface area contributed by atoms with Crippen molar-refractivity contribution in [3.8, 4) is 0 Å². The maximum Gasteiger partial charge on any atom is 0.244 e. The number of benzene rings is 2. The van der Waals surface area contributed by atoms with E-state index in [0.29, 0.717) is 0 Å². The maximum atomic E-state index is 13.5. The van der Waals surface area contributed by atoms with Gasteiger partial charge in [-0.15, -0.1) is 23.1 Å². The second kappa shape index (κ2) is 6.98. The summed E-state index contributed by atoms with van der Waals surface area (Å²) in [5, 5.41) is 3.77. The molecule has 0 fully saturated rings. The minimum absolute atomic E-state index is 0.153. The molecule has 1 amide bonds. The molecule has 1 unspecified atom stereocenters. The summed E-state index contributed by atoms with van der Waals surface area (Å²) in [5.74, 6) is 0.447. The summed E-state index contributed by atoms with van der Waals surface area (Å²) in [5.41, 5.74) is 1.79. The zero-order valence-electron chi connectivity index (χ0n) is 13.2. The van der Waals surface area contributed by atoms with Crippen LogP contribution in [0.1, 0.15) is 23.0 Å². The lowest BCUT2D eigenvalue weighted by Gasteiger charge is -2.25. The van der Waals surface area contributed by atoms with Gasteiger partial charge in [0, 0.05) is 16.7 Å². The van der Waals surface area contributed by atoms with Crippen molar-refractivity contribution in [1.82, 2.24) is 10.3 Å². The van der Waals surface area contributed by atoms with E-state index < -0.39 is 0 Å². The Balaban J connectivity index is 1.48. The lowest BCUT2D eigenvalue weighted by Crippen LogP contribution is -2.29. The number of nitrogens with zero attached hydrogens (tertiary/aromatic N) is 1. The summed E-state index contributed by atoms with van der Waals surface area (Å²) < 4.78 is 14.6. The van der Waals surface area contributed by atoms with Crippen molar-refractivity contribution in [1.29, 1.82) is 0 Å². The molecule has 0 aliphatic carbocycles. The zero-order valence-corrected chi connectivity index (χ0v) is 14.9. The maximum absolute atomic E-state index is 13.5. The molecule has 1 aliphatic heterocycles. The molecule has 3 nitrogen and oxygen atoms in total. The molecule has 0 radical (unpaired) electrons. The standard InChI is InChI=1S/C19H15FN2OS2/c20-12-5-6-16-13(11-12)14(9-10-24-16)21-18(23)7-8-19-22-15-3-1-2-4-17(15)25-19/h1-8,11,14H,9-10H2,(H,21,23)/b8-7+. The van der Waals surface area contributed by atoms with Crippen molar-refractivity contribution in [2.45, 2.75) is 17.4 Å². The lowest BCUT2D eigenvalue weighted by atomic mass is 10.0. The van der Waals surface area contributed by atoms with E-state index in [0.717, 1.165) is 37.9 Å². The number of thioether (sulfide) groups is 1. The number of thiazole rings is 1. The predicted octanol–water partition coefficient (Wildman–Crippen LogP) is 4.80. The largest absolute Gasteiger partial charge is 0.346 e. The Bertz CT molecular complexity index is 934. The normalized spacial score (nSPS) is 16.9. The molecule has 2 aromatic carbocycles. The van der Waals surface area contributed by atoms with Crippen molar-refractivity contribution in [2.24, 2.45) is 0 Å². The number of carbonyl (C=O) groups is 1. The van der Waals surface area contributed by atoms with Crippen molar-refractivity contribution in [2.75, 3.05) is 5.75 Å². The van der Waals surface area contributed by atoms with Gasteiger partial charge in [-0.1, -0.05) is 12.1 Å². The van der Waals surface area contributed by atoms with Crippen LogP contribution in [0.3, 0.4) is 0 Å². The van der Waals surface area contributed by atoms with Crippen molar-refractivity contribution in [3.05, 3.63) is 64.9 Å². The minimum atomic E-state index is -0.273. The highest BCUT2D eigenvalue weighted by Crippen LogP contribution is 2.36. The number of aromatic nitrogens is 1. The van der Waals surface area contributed by atoms with Gasteiger partial charge in [-0.3, -0.25) is 4.79 Å². The number of carbonyl (C=O) groups excluding carboxylic acids is 1. The fraction of sp³-hybridized carbons (Fsp3) is 0.158. The molecular formula is C19H15FN2OS2. The highest BCUT2D eigenvalue weighted by Gasteiger charge is 2.22. The van der Waals surface area contributed by atoms with Gasteiger partial charge in [0.05, 0.1) is 16.3 Å². The number of para-hydroxylation sites is 1. The van der Waals surface area contributed by atoms with Crippen LogP contribution < -0.4 is 5.32 Å². The molecule has 1 aliphatic rings. The molecule has 6 heteroatoms. The second-order valence-corrected chi connectivity index (χ2v) is 7.93. The molecule has 1 aromatic heterocycles. The smallest absolute Gasteiger partial charge is 0.244 e. The quantitative estimate of drug-likeness (QED) is 0.673. The van der Waals surface area contributed by atoms with Crippen molar-refractivity contribution in [3.63, 3.8) is 0 Å². The van der Waals surface area contributed by atoms with Gasteiger partial charge < -0.3 is 5.32 Å². The van der Waals surface area contributed by atoms with Crippen LogP contribution in [-0.4, -0.2) is 16.6 Å². The summed E-state index contributed by atoms with van der Waals surface area (Å²) in [6, 6.07) is 12.5. The molecule has 0 spiro atoms. The van der Waals surface area contributed by atoms with Crippen LogP contribution in [0.2, 0.25) is 0 Å². The van der Waals surface area contributed by atoms with E-state index in [2.05, 4.69) is 10.3 Å². The topological polar surface area (TPSA) is 42.0 Å². The number of halogens is 1. The van der Waals surface area contributed by atoms with Crippen LogP contribution in [0.4, 0.5) is 4.39 Å². The van der Waals surface area contributed by atoms with Gasteiger partial charge >= 0.3 is 0 Å². The lowest BCUT2D eigenvalue weighted by molar-refractivity contribution is -0.117. The van der Waals surface area contributed by atoms with Crippen LogP contribution in [0.5, 0.6) is 0 Å². The summed E-state index contributed by atoms with van der Waals surface area (Å²) in [6.07, 6.45) is 4.02. The van der Waals surface area contributed by atoms with Crippen molar-refractivity contribution < 1.29 is 9.18 Å². The first-order valence-corrected chi connectivity index (χ1v) is 9.76. The summed E-state index contributed by atoms with van der Waals surface area (Å²) in [4.78, 5) is 17.8. The van der Waals surface area contributed by atoms with Gasteiger partial charge in [0.25, 0.3) is 0 Å². The van der Waals surface area contributed by atoms with Gasteiger partial charge in [0.1, 0.15) is 10.8 Å². The van der Waals surface area contributed by atoms with Crippen LogP contribution >= 0.6 is 23.1 Å². The van der Waals surface area contributed by atoms with Gasteiger partial charge in [0.2, 0.25) is 5.91 Å². The Labute approximate surface area is 153 Å². The number of hydrogen-bond acceptors (Lipinski definition) is 4. The Morgan fingerprint density at radius 2 is 2.16 bits per heavy atom. The first kappa shape index (κ1) is 16.3. The van der Waals surface area contributed by atoms with Crippen LogP contribution in [0, 0.1) is 5.82 Å². The SMILES string of the molecule is O=C(/C=C/c1nc2ccccc2s1)NC1CCSc2ccc(F)cc21. The van der Waals surface area contributed by atoms with Crippen LogP contribution in [-0.2, 0) is 4.79 Å². The predicted molar refractivity (Wildman–Crippen MR) is 101 cm³/mol. The fourth-order valence-electron chi connectivity index (χ4n) is 2.84. The average molecular weight is 370 g/mol. The van der Waals surface area contributed by atoms with Crippen molar-refractivity contribution >= 4 is 45.3 Å². The second-order valence-electron chi connectivity index (χ2n) is 5.73. The molecule has 25 heavy (non-hydrogen) atoms.